The molecule has 4 heteroatoms. The van der Waals surface area contributed by atoms with Crippen LogP contribution in [-0.4, -0.2) is 11.4 Å². The molecule has 0 aliphatic heterocycles. The van der Waals surface area contributed by atoms with Gasteiger partial charge in [-0.25, -0.2) is 4.57 Å². The molecule has 1 rings (SSSR count). The number of aromatic nitrogens is 1. The van der Waals surface area contributed by atoms with Crippen LogP contribution in [0.1, 0.15) is 11.3 Å². The lowest BCUT2D eigenvalue weighted by molar-refractivity contribution is -0.672. The van der Waals surface area contributed by atoms with Crippen molar-refractivity contribution in [2.24, 2.45) is 12.2 Å². The molecule has 0 saturated carbocycles. The van der Waals surface area contributed by atoms with Crippen molar-refractivity contribution in [1.29, 1.82) is 5.26 Å². The standard InChI is InChI=1S/C8H7N3O/c1-11-3-2-7(5-9)4-8(11)6-10-12/h2-4,6H,1H3/p+1. The number of oxime groups is 1. The van der Waals surface area contributed by atoms with Gasteiger partial charge >= 0.3 is 0 Å². The van der Waals surface area contributed by atoms with Crippen LogP contribution in [0.3, 0.4) is 0 Å². The smallest absolute Gasteiger partial charge is 0.228 e. The van der Waals surface area contributed by atoms with E-state index in [4.69, 9.17) is 10.5 Å². The molecule has 12 heavy (non-hydrogen) atoms. The number of nitrogens with zero attached hydrogens (tertiary/aromatic N) is 3. The summed E-state index contributed by atoms with van der Waals surface area (Å²) in [5.41, 5.74) is 1.22. The van der Waals surface area contributed by atoms with E-state index < -0.39 is 0 Å². The van der Waals surface area contributed by atoms with E-state index >= 15 is 0 Å². The van der Waals surface area contributed by atoms with Crippen LogP contribution in [0.15, 0.2) is 23.5 Å². The van der Waals surface area contributed by atoms with Crippen LogP contribution in [0.5, 0.6) is 0 Å². The fourth-order valence-electron chi connectivity index (χ4n) is 0.844. The van der Waals surface area contributed by atoms with Crippen molar-refractivity contribution in [3.05, 3.63) is 29.6 Å². The van der Waals surface area contributed by atoms with Crippen LogP contribution in [0.25, 0.3) is 0 Å². The van der Waals surface area contributed by atoms with Gasteiger partial charge in [-0.15, -0.1) is 0 Å². The monoisotopic (exact) mass is 162 g/mol. The van der Waals surface area contributed by atoms with E-state index in [-0.39, 0.29) is 0 Å². The van der Waals surface area contributed by atoms with E-state index in [0.29, 0.717) is 11.3 Å². The fourth-order valence-corrected chi connectivity index (χ4v) is 0.844. The molecule has 0 amide bonds. The number of hydrogen-bond donors (Lipinski definition) is 1. The summed E-state index contributed by atoms with van der Waals surface area (Å²) in [6.45, 7) is 0. The van der Waals surface area contributed by atoms with Crippen LogP contribution >= 0.6 is 0 Å². The van der Waals surface area contributed by atoms with Crippen molar-refractivity contribution in [3.8, 4) is 6.07 Å². The van der Waals surface area contributed by atoms with E-state index in [2.05, 4.69) is 5.16 Å². The van der Waals surface area contributed by atoms with Crippen LogP contribution < -0.4 is 4.57 Å². The first-order valence-corrected chi connectivity index (χ1v) is 3.35. The lowest BCUT2D eigenvalue weighted by atomic mass is 10.2. The van der Waals surface area contributed by atoms with Crippen LogP contribution in [0, 0.1) is 11.3 Å². The molecule has 0 fully saturated rings. The third kappa shape index (κ3) is 1.58. The maximum Gasteiger partial charge on any atom is 0.228 e. The average molecular weight is 162 g/mol. The van der Waals surface area contributed by atoms with Gasteiger partial charge < -0.3 is 5.21 Å². The molecule has 1 aromatic heterocycles. The Morgan fingerprint density at radius 2 is 2.50 bits per heavy atom. The Morgan fingerprint density at radius 1 is 1.75 bits per heavy atom. The minimum Gasteiger partial charge on any atom is -0.411 e. The zero-order valence-corrected chi connectivity index (χ0v) is 6.60. The highest BCUT2D eigenvalue weighted by molar-refractivity contribution is 5.74. The summed E-state index contributed by atoms with van der Waals surface area (Å²) in [5.74, 6) is 0. The molecule has 60 valence electrons. The summed E-state index contributed by atoms with van der Waals surface area (Å²) in [4.78, 5) is 0. The molecule has 1 N–H and O–H groups in total. The largest absolute Gasteiger partial charge is 0.411 e. The number of nitriles is 1. The zero-order chi connectivity index (χ0) is 8.97. The summed E-state index contributed by atoms with van der Waals surface area (Å²) in [6, 6.07) is 5.32. The molecule has 0 bridgehead atoms. The Kier molecular flexibility index (Phi) is 2.38. The first kappa shape index (κ1) is 8.21. The molecule has 0 aromatic carbocycles. The predicted molar refractivity (Wildman–Crippen MR) is 41.7 cm³/mol. The molecule has 1 aromatic rings. The molecule has 0 aliphatic carbocycles. The summed E-state index contributed by atoms with van der Waals surface area (Å²) >= 11 is 0. The fraction of sp³-hybridized carbons (Fsp3) is 0.125. The second-order valence-electron chi connectivity index (χ2n) is 2.31. The van der Waals surface area contributed by atoms with Crippen LogP contribution in [0.4, 0.5) is 0 Å². The maximum atomic E-state index is 8.55. The highest BCUT2D eigenvalue weighted by Crippen LogP contribution is 1.95. The quantitative estimate of drug-likeness (QED) is 0.277. The summed E-state index contributed by atoms with van der Waals surface area (Å²) < 4.78 is 1.75. The van der Waals surface area contributed by atoms with Crippen molar-refractivity contribution in [3.63, 3.8) is 0 Å². The van der Waals surface area contributed by atoms with Gasteiger partial charge in [-0.05, 0) is 0 Å². The van der Waals surface area contributed by atoms with Gasteiger partial charge in [-0.2, -0.15) is 5.26 Å². The molecule has 0 unspecified atom stereocenters. The third-order valence-electron chi connectivity index (χ3n) is 1.51. The number of rotatable bonds is 1. The maximum absolute atomic E-state index is 8.55. The van der Waals surface area contributed by atoms with Crippen molar-refractivity contribution in [2.45, 2.75) is 0 Å². The van der Waals surface area contributed by atoms with Crippen molar-refractivity contribution < 1.29 is 9.77 Å². The topological polar surface area (TPSA) is 60.3 Å². The molecule has 0 atom stereocenters. The van der Waals surface area contributed by atoms with Gasteiger partial charge in [-0.3, -0.25) is 0 Å². The Bertz CT molecular complexity index is 352. The van der Waals surface area contributed by atoms with E-state index in [1.807, 2.05) is 6.07 Å². The Morgan fingerprint density at radius 3 is 3.08 bits per heavy atom. The zero-order valence-electron chi connectivity index (χ0n) is 6.60. The molecule has 0 saturated heterocycles. The SMILES string of the molecule is C[n+]1ccc(C#N)cc1C=NO. The van der Waals surface area contributed by atoms with Crippen LogP contribution in [0.2, 0.25) is 0 Å². The second kappa shape index (κ2) is 3.49. The average Bonchev–Trinajstić information content (AvgIpc) is 2.09. The first-order chi connectivity index (χ1) is 5.77. The lowest BCUT2D eigenvalue weighted by Gasteiger charge is -1.91. The minimum absolute atomic E-state index is 0.544. The Hall–Kier alpha value is -1.89. The molecule has 0 radical (unpaired) electrons. The molecule has 1 heterocycles. The summed E-state index contributed by atoms with van der Waals surface area (Å²) in [7, 11) is 1.80. The van der Waals surface area contributed by atoms with Crippen molar-refractivity contribution in [1.82, 2.24) is 0 Å². The van der Waals surface area contributed by atoms with E-state index in [9.17, 15) is 0 Å². The van der Waals surface area contributed by atoms with Gasteiger partial charge in [0.25, 0.3) is 0 Å². The van der Waals surface area contributed by atoms with Gasteiger partial charge in [-0.1, -0.05) is 5.16 Å². The predicted octanol–water partition coefficient (Wildman–Crippen LogP) is 0.191. The second-order valence-corrected chi connectivity index (χ2v) is 2.31. The summed E-state index contributed by atoms with van der Waals surface area (Å²) in [6.07, 6.45) is 3.01. The molecule has 4 nitrogen and oxygen atoms in total. The summed E-state index contributed by atoms with van der Waals surface area (Å²) in [5, 5.41) is 19.7. The lowest BCUT2D eigenvalue weighted by Crippen LogP contribution is -2.32. The number of pyridine rings is 1. The van der Waals surface area contributed by atoms with Crippen molar-refractivity contribution in [2.75, 3.05) is 0 Å². The third-order valence-corrected chi connectivity index (χ3v) is 1.51. The van der Waals surface area contributed by atoms with Gasteiger partial charge in [0, 0.05) is 12.1 Å². The van der Waals surface area contributed by atoms with Crippen molar-refractivity contribution >= 4 is 6.21 Å². The molecule has 0 spiro atoms. The van der Waals surface area contributed by atoms with Gasteiger partial charge in [0.05, 0.1) is 11.6 Å². The molecule has 0 aliphatic rings. The number of hydrogen-bond acceptors (Lipinski definition) is 3. The molecular formula is C8H8N3O+. The van der Waals surface area contributed by atoms with Gasteiger partial charge in [0.15, 0.2) is 6.20 Å². The number of aryl methyl sites for hydroxylation is 1. The van der Waals surface area contributed by atoms with E-state index in [0.717, 1.165) is 0 Å². The van der Waals surface area contributed by atoms with Crippen LogP contribution in [-0.2, 0) is 7.05 Å². The first-order valence-electron chi connectivity index (χ1n) is 3.35. The normalized spacial score (nSPS) is 10.0. The van der Waals surface area contributed by atoms with E-state index in [1.165, 1.54) is 6.21 Å². The Balaban J connectivity index is 3.19. The van der Waals surface area contributed by atoms with Gasteiger partial charge in [0.2, 0.25) is 5.69 Å². The Labute approximate surface area is 70.0 Å². The minimum atomic E-state index is 0.544. The highest BCUT2D eigenvalue weighted by atomic mass is 16.4. The highest BCUT2D eigenvalue weighted by Gasteiger charge is 2.03. The molecular weight excluding hydrogens is 154 g/mol. The van der Waals surface area contributed by atoms with Gasteiger partial charge in [0.1, 0.15) is 13.3 Å². The van der Waals surface area contributed by atoms with E-state index in [1.54, 1.807) is 29.9 Å².